The number of rotatable bonds is 4. The van der Waals surface area contributed by atoms with Crippen LogP contribution in [0.5, 0.6) is 11.6 Å². The predicted octanol–water partition coefficient (Wildman–Crippen LogP) is 5.20. The maximum Gasteiger partial charge on any atom is 0.231 e. The summed E-state index contributed by atoms with van der Waals surface area (Å²) in [5, 5.41) is 10.1. The van der Waals surface area contributed by atoms with Gasteiger partial charge in [-0.2, -0.15) is 10.2 Å². The van der Waals surface area contributed by atoms with E-state index in [1.807, 2.05) is 12.1 Å². The summed E-state index contributed by atoms with van der Waals surface area (Å²) < 4.78 is 6.16. The monoisotopic (exact) mass is 392 g/mol. The molecule has 1 saturated heterocycles. The van der Waals surface area contributed by atoms with Gasteiger partial charge in [0.1, 0.15) is 16.4 Å². The molecule has 0 unspecified atom stereocenters. The molecule has 1 fully saturated rings. The van der Waals surface area contributed by atoms with Gasteiger partial charge in [-0.1, -0.05) is 13.0 Å². The number of benzene rings is 1. The first-order chi connectivity index (χ1) is 13.5. The highest BCUT2D eigenvalue weighted by Gasteiger charge is 2.20. The number of ether oxygens (including phenoxy) is 1. The third-order valence-electron chi connectivity index (χ3n) is 5.46. The highest BCUT2D eigenvalue weighted by Crippen LogP contribution is 2.36. The van der Waals surface area contributed by atoms with Gasteiger partial charge in [-0.3, -0.25) is 4.90 Å². The second-order valence-corrected chi connectivity index (χ2v) is 8.81. The van der Waals surface area contributed by atoms with Crippen LogP contribution >= 0.6 is 11.3 Å². The van der Waals surface area contributed by atoms with E-state index in [0.717, 1.165) is 47.2 Å². The van der Waals surface area contributed by atoms with Crippen LogP contribution in [0.4, 0.5) is 0 Å². The van der Waals surface area contributed by atoms with Crippen molar-refractivity contribution >= 4 is 21.6 Å². The number of hydrogen-bond acceptors (Lipinski definition) is 6. The Morgan fingerprint density at radius 2 is 2.04 bits per heavy atom. The van der Waals surface area contributed by atoms with Crippen molar-refractivity contribution in [2.45, 2.75) is 40.2 Å². The number of piperidine rings is 1. The Bertz CT molecular complexity index is 1040. The highest BCUT2D eigenvalue weighted by atomic mass is 32.1. The maximum absolute atomic E-state index is 9.16. The molecule has 0 amide bonds. The molecule has 3 heterocycles. The second-order valence-electron chi connectivity index (χ2n) is 7.61. The smallest absolute Gasteiger partial charge is 0.231 e. The number of fused-ring (bicyclic) bond motifs is 1. The number of nitrogens with zero attached hydrogens (tertiary/aromatic N) is 4. The van der Waals surface area contributed by atoms with E-state index in [1.165, 1.54) is 17.7 Å². The third-order valence-corrected chi connectivity index (χ3v) is 6.56. The summed E-state index contributed by atoms with van der Waals surface area (Å²) in [6.45, 7) is 9.43. The van der Waals surface area contributed by atoms with E-state index in [-0.39, 0.29) is 0 Å². The molecular weight excluding hydrogens is 368 g/mol. The van der Waals surface area contributed by atoms with E-state index >= 15 is 0 Å². The van der Waals surface area contributed by atoms with Crippen LogP contribution < -0.4 is 4.74 Å². The maximum atomic E-state index is 9.16. The highest BCUT2D eigenvalue weighted by molar-refractivity contribution is 7.18. The fraction of sp³-hybridized carbons (Fsp3) is 0.409. The standard InChI is InChI=1S/C22H24N4OS/c1-14-7-9-26(10-8-14)13-19-24-21(20-15(2)16(3)28-22(20)25-19)27-18-6-4-5-17(11-18)12-23/h4-6,11,14H,7-10,13H2,1-3H3. The first kappa shape index (κ1) is 18.9. The molecule has 5 nitrogen and oxygen atoms in total. The minimum atomic E-state index is 0.573. The summed E-state index contributed by atoms with van der Waals surface area (Å²) in [5.74, 6) is 2.81. The molecule has 1 aliphatic heterocycles. The first-order valence-corrected chi connectivity index (χ1v) is 10.5. The van der Waals surface area contributed by atoms with Crippen LogP contribution in [-0.2, 0) is 6.54 Å². The molecule has 144 valence electrons. The average Bonchev–Trinajstić information content (AvgIpc) is 2.98. The molecule has 0 radical (unpaired) electrons. The van der Waals surface area contributed by atoms with Crippen molar-refractivity contribution in [3.05, 3.63) is 46.1 Å². The van der Waals surface area contributed by atoms with Gasteiger partial charge in [0.05, 0.1) is 23.6 Å². The summed E-state index contributed by atoms with van der Waals surface area (Å²) in [5.41, 5.74) is 1.73. The number of likely N-dealkylation sites (tertiary alicyclic amines) is 1. The van der Waals surface area contributed by atoms with Gasteiger partial charge in [0, 0.05) is 4.88 Å². The van der Waals surface area contributed by atoms with E-state index in [4.69, 9.17) is 20.0 Å². The molecule has 0 N–H and O–H groups in total. The lowest BCUT2D eigenvalue weighted by molar-refractivity contribution is 0.181. The summed E-state index contributed by atoms with van der Waals surface area (Å²) >= 11 is 1.69. The Morgan fingerprint density at radius 3 is 2.79 bits per heavy atom. The summed E-state index contributed by atoms with van der Waals surface area (Å²) in [4.78, 5) is 14.2. The molecule has 1 aliphatic rings. The predicted molar refractivity (Wildman–Crippen MR) is 112 cm³/mol. The van der Waals surface area contributed by atoms with Gasteiger partial charge in [0.15, 0.2) is 0 Å². The molecule has 4 rings (SSSR count). The van der Waals surface area contributed by atoms with Gasteiger partial charge in [-0.25, -0.2) is 4.98 Å². The van der Waals surface area contributed by atoms with Crippen LogP contribution in [0.15, 0.2) is 24.3 Å². The van der Waals surface area contributed by atoms with Crippen LogP contribution in [-0.4, -0.2) is 28.0 Å². The average molecular weight is 393 g/mol. The number of hydrogen-bond donors (Lipinski definition) is 0. The SMILES string of the molecule is Cc1sc2nc(CN3CCC(C)CC3)nc(Oc3cccc(C#N)c3)c2c1C. The Morgan fingerprint density at radius 1 is 1.25 bits per heavy atom. The zero-order chi connectivity index (χ0) is 19.7. The zero-order valence-corrected chi connectivity index (χ0v) is 17.3. The molecule has 0 spiro atoms. The lowest BCUT2D eigenvalue weighted by Gasteiger charge is -2.29. The van der Waals surface area contributed by atoms with Crippen LogP contribution in [0.2, 0.25) is 0 Å². The number of thiophene rings is 1. The van der Waals surface area contributed by atoms with E-state index in [9.17, 15) is 0 Å². The van der Waals surface area contributed by atoms with E-state index in [2.05, 4.69) is 31.7 Å². The van der Waals surface area contributed by atoms with Gasteiger partial charge >= 0.3 is 0 Å². The molecule has 2 aromatic heterocycles. The Hall–Kier alpha value is -2.49. The number of aryl methyl sites for hydroxylation is 2. The molecule has 0 atom stereocenters. The van der Waals surface area contributed by atoms with Gasteiger partial charge in [-0.15, -0.1) is 11.3 Å². The van der Waals surface area contributed by atoms with Crippen molar-refractivity contribution in [3.8, 4) is 17.7 Å². The quantitative estimate of drug-likeness (QED) is 0.610. The van der Waals surface area contributed by atoms with E-state index in [1.54, 1.807) is 23.5 Å². The van der Waals surface area contributed by atoms with Gasteiger partial charge in [0.25, 0.3) is 0 Å². The summed E-state index contributed by atoms with van der Waals surface area (Å²) in [6.07, 6.45) is 2.45. The topological polar surface area (TPSA) is 62.0 Å². The second kappa shape index (κ2) is 7.86. The summed E-state index contributed by atoms with van der Waals surface area (Å²) in [6, 6.07) is 9.35. The lowest BCUT2D eigenvalue weighted by Crippen LogP contribution is -2.32. The minimum absolute atomic E-state index is 0.573. The van der Waals surface area contributed by atoms with Crippen LogP contribution in [0.25, 0.3) is 10.2 Å². The largest absolute Gasteiger partial charge is 0.438 e. The molecule has 28 heavy (non-hydrogen) atoms. The molecular formula is C22H24N4OS. The molecule has 1 aromatic carbocycles. The Kier molecular flexibility index (Phi) is 5.29. The van der Waals surface area contributed by atoms with Crippen LogP contribution in [0, 0.1) is 31.1 Å². The normalized spacial score (nSPS) is 15.6. The molecule has 3 aromatic rings. The number of nitriles is 1. The van der Waals surface area contributed by atoms with Crippen molar-refractivity contribution in [2.75, 3.05) is 13.1 Å². The Balaban J connectivity index is 1.69. The van der Waals surface area contributed by atoms with Crippen molar-refractivity contribution < 1.29 is 4.74 Å². The van der Waals surface area contributed by atoms with Crippen molar-refractivity contribution in [1.29, 1.82) is 5.26 Å². The van der Waals surface area contributed by atoms with Crippen molar-refractivity contribution in [3.63, 3.8) is 0 Å². The van der Waals surface area contributed by atoms with Crippen molar-refractivity contribution in [2.24, 2.45) is 5.92 Å². The Labute approximate surface area is 169 Å². The third kappa shape index (κ3) is 3.87. The summed E-state index contributed by atoms with van der Waals surface area (Å²) in [7, 11) is 0. The lowest BCUT2D eigenvalue weighted by atomic mass is 9.99. The molecule has 0 aliphatic carbocycles. The van der Waals surface area contributed by atoms with Crippen molar-refractivity contribution in [1.82, 2.24) is 14.9 Å². The molecule has 0 saturated carbocycles. The zero-order valence-electron chi connectivity index (χ0n) is 16.5. The minimum Gasteiger partial charge on any atom is -0.438 e. The van der Waals surface area contributed by atoms with E-state index in [0.29, 0.717) is 17.2 Å². The van der Waals surface area contributed by atoms with Gasteiger partial charge in [0.2, 0.25) is 5.88 Å². The molecule has 0 bridgehead atoms. The van der Waals surface area contributed by atoms with Crippen LogP contribution in [0.1, 0.15) is 41.6 Å². The van der Waals surface area contributed by atoms with Gasteiger partial charge in [-0.05, 0) is 69.5 Å². The fourth-order valence-corrected chi connectivity index (χ4v) is 4.60. The van der Waals surface area contributed by atoms with Crippen LogP contribution in [0.3, 0.4) is 0 Å². The molecule has 6 heteroatoms. The fourth-order valence-electron chi connectivity index (χ4n) is 3.56. The van der Waals surface area contributed by atoms with Gasteiger partial charge < -0.3 is 4.74 Å². The first-order valence-electron chi connectivity index (χ1n) is 9.70. The number of aromatic nitrogens is 2. The van der Waals surface area contributed by atoms with E-state index < -0.39 is 0 Å².